The molecular formula is C22H18ClNO3. The molecule has 3 aromatic rings. The highest BCUT2D eigenvalue weighted by Gasteiger charge is 2.21. The van der Waals surface area contributed by atoms with Crippen LogP contribution in [0.2, 0.25) is 5.02 Å². The molecule has 2 N–H and O–H groups in total. The highest BCUT2D eigenvalue weighted by Crippen LogP contribution is 2.19. The Morgan fingerprint density at radius 2 is 1.44 bits per heavy atom. The Bertz CT molecular complexity index is 922. The zero-order valence-electron chi connectivity index (χ0n) is 14.4. The average molecular weight is 380 g/mol. The number of carbonyl (C=O) groups is 2. The highest BCUT2D eigenvalue weighted by atomic mass is 35.5. The summed E-state index contributed by atoms with van der Waals surface area (Å²) in [4.78, 5) is 24.0. The lowest BCUT2D eigenvalue weighted by Crippen LogP contribution is -2.42. The first-order valence-electron chi connectivity index (χ1n) is 8.46. The van der Waals surface area contributed by atoms with Gasteiger partial charge in [-0.25, -0.2) is 4.79 Å². The lowest BCUT2D eigenvalue weighted by molar-refractivity contribution is -0.139. The molecule has 0 radical (unpaired) electrons. The number of amides is 1. The second kappa shape index (κ2) is 8.52. The van der Waals surface area contributed by atoms with E-state index < -0.39 is 17.9 Å². The Morgan fingerprint density at radius 3 is 2.04 bits per heavy atom. The van der Waals surface area contributed by atoms with Gasteiger partial charge in [-0.1, -0.05) is 66.2 Å². The van der Waals surface area contributed by atoms with E-state index in [1.54, 1.807) is 36.4 Å². The minimum absolute atomic E-state index is 0.181. The number of carboxylic acid groups (broad SMARTS) is 1. The van der Waals surface area contributed by atoms with Gasteiger partial charge in [-0.05, 0) is 41.0 Å². The Kier molecular flexibility index (Phi) is 5.89. The minimum Gasteiger partial charge on any atom is -0.480 e. The van der Waals surface area contributed by atoms with Gasteiger partial charge in [-0.15, -0.1) is 0 Å². The first-order valence-corrected chi connectivity index (χ1v) is 8.84. The van der Waals surface area contributed by atoms with Gasteiger partial charge >= 0.3 is 5.97 Å². The molecule has 1 amide bonds. The SMILES string of the molecule is O=C(N[C@H](Cc1ccc(Cl)cc1)C(=O)O)c1ccc(-c2ccccc2)cc1. The predicted octanol–water partition coefficient (Wildman–Crippen LogP) is 4.43. The maximum absolute atomic E-state index is 12.5. The van der Waals surface area contributed by atoms with Crippen LogP contribution >= 0.6 is 11.6 Å². The number of nitrogens with one attached hydrogen (secondary N) is 1. The number of rotatable bonds is 6. The zero-order valence-corrected chi connectivity index (χ0v) is 15.2. The summed E-state index contributed by atoms with van der Waals surface area (Å²) in [6, 6.07) is 22.8. The molecule has 0 heterocycles. The molecular weight excluding hydrogens is 362 g/mol. The molecule has 0 aromatic heterocycles. The fourth-order valence-corrected chi connectivity index (χ4v) is 2.87. The van der Waals surface area contributed by atoms with Crippen molar-refractivity contribution in [3.8, 4) is 11.1 Å². The first kappa shape index (κ1) is 18.7. The number of hydrogen-bond acceptors (Lipinski definition) is 2. The lowest BCUT2D eigenvalue weighted by Gasteiger charge is -2.15. The van der Waals surface area contributed by atoms with Crippen molar-refractivity contribution in [3.63, 3.8) is 0 Å². The Balaban J connectivity index is 1.70. The van der Waals surface area contributed by atoms with Gasteiger partial charge in [0.1, 0.15) is 6.04 Å². The summed E-state index contributed by atoms with van der Waals surface area (Å²) in [6.45, 7) is 0. The van der Waals surface area contributed by atoms with E-state index in [2.05, 4.69) is 5.32 Å². The Labute approximate surface area is 162 Å². The molecule has 1 atom stereocenters. The Hall–Kier alpha value is -3.11. The van der Waals surface area contributed by atoms with E-state index in [1.165, 1.54) is 0 Å². The molecule has 0 saturated carbocycles. The van der Waals surface area contributed by atoms with Crippen molar-refractivity contribution in [2.45, 2.75) is 12.5 Å². The van der Waals surface area contributed by atoms with Crippen LogP contribution in [-0.4, -0.2) is 23.0 Å². The summed E-state index contributed by atoms with van der Waals surface area (Å²) in [5.74, 6) is -1.50. The van der Waals surface area contributed by atoms with Crippen LogP contribution < -0.4 is 5.32 Å². The zero-order chi connectivity index (χ0) is 19.2. The maximum atomic E-state index is 12.5. The third kappa shape index (κ3) is 4.96. The largest absolute Gasteiger partial charge is 0.480 e. The van der Waals surface area contributed by atoms with E-state index in [0.29, 0.717) is 10.6 Å². The summed E-state index contributed by atoms with van der Waals surface area (Å²) in [5, 5.41) is 12.6. The molecule has 0 saturated heterocycles. The van der Waals surface area contributed by atoms with Crippen LogP contribution in [0, 0.1) is 0 Å². The van der Waals surface area contributed by atoms with E-state index in [4.69, 9.17) is 11.6 Å². The molecule has 136 valence electrons. The molecule has 4 nitrogen and oxygen atoms in total. The topological polar surface area (TPSA) is 66.4 Å². The summed E-state index contributed by atoms with van der Waals surface area (Å²) >= 11 is 5.85. The summed E-state index contributed by atoms with van der Waals surface area (Å²) in [6.07, 6.45) is 0.181. The predicted molar refractivity (Wildman–Crippen MR) is 106 cm³/mol. The molecule has 0 fully saturated rings. The van der Waals surface area contributed by atoms with Crippen LogP contribution in [0.5, 0.6) is 0 Å². The fourth-order valence-electron chi connectivity index (χ4n) is 2.74. The smallest absolute Gasteiger partial charge is 0.326 e. The van der Waals surface area contributed by atoms with Crippen LogP contribution in [0.4, 0.5) is 0 Å². The third-order valence-corrected chi connectivity index (χ3v) is 4.46. The molecule has 5 heteroatoms. The third-order valence-electron chi connectivity index (χ3n) is 4.21. The molecule has 0 aliphatic heterocycles. The number of halogens is 1. The fraction of sp³-hybridized carbons (Fsp3) is 0.0909. The van der Waals surface area contributed by atoms with E-state index in [1.807, 2.05) is 42.5 Å². The van der Waals surface area contributed by atoms with Crippen LogP contribution in [0.25, 0.3) is 11.1 Å². The lowest BCUT2D eigenvalue weighted by atomic mass is 10.0. The molecule has 0 aliphatic carbocycles. The highest BCUT2D eigenvalue weighted by molar-refractivity contribution is 6.30. The maximum Gasteiger partial charge on any atom is 0.326 e. The summed E-state index contributed by atoms with van der Waals surface area (Å²) in [7, 11) is 0. The van der Waals surface area contributed by atoms with E-state index in [-0.39, 0.29) is 6.42 Å². The molecule has 0 unspecified atom stereocenters. The number of hydrogen-bond donors (Lipinski definition) is 2. The number of carboxylic acids is 1. The average Bonchev–Trinajstić information content (AvgIpc) is 2.69. The van der Waals surface area contributed by atoms with E-state index >= 15 is 0 Å². The van der Waals surface area contributed by atoms with Crippen LogP contribution in [-0.2, 0) is 11.2 Å². The second-order valence-corrected chi connectivity index (χ2v) is 6.57. The van der Waals surface area contributed by atoms with Gasteiger partial charge in [-0.2, -0.15) is 0 Å². The standard InChI is InChI=1S/C22H18ClNO3/c23-19-12-6-15(7-13-19)14-20(22(26)27)24-21(25)18-10-8-17(9-11-18)16-4-2-1-3-5-16/h1-13,20H,14H2,(H,24,25)(H,26,27)/t20-/m1/s1. The quantitative estimate of drug-likeness (QED) is 0.665. The van der Waals surface area contributed by atoms with Crippen molar-refractivity contribution in [2.75, 3.05) is 0 Å². The van der Waals surface area contributed by atoms with Crippen molar-refractivity contribution in [1.29, 1.82) is 0 Å². The van der Waals surface area contributed by atoms with Crippen molar-refractivity contribution in [1.82, 2.24) is 5.32 Å². The normalized spacial score (nSPS) is 11.6. The summed E-state index contributed by atoms with van der Waals surface area (Å²) < 4.78 is 0. The molecule has 27 heavy (non-hydrogen) atoms. The molecule has 0 spiro atoms. The number of carbonyl (C=O) groups excluding carboxylic acids is 1. The van der Waals surface area contributed by atoms with Gasteiger partial charge in [-0.3, -0.25) is 4.79 Å². The minimum atomic E-state index is -1.08. The van der Waals surface area contributed by atoms with Gasteiger partial charge in [0.25, 0.3) is 5.91 Å². The van der Waals surface area contributed by atoms with Crippen molar-refractivity contribution in [2.24, 2.45) is 0 Å². The van der Waals surface area contributed by atoms with E-state index in [9.17, 15) is 14.7 Å². The summed E-state index contributed by atoms with van der Waals surface area (Å²) in [5.41, 5.74) is 3.24. The van der Waals surface area contributed by atoms with Gasteiger partial charge in [0.15, 0.2) is 0 Å². The molecule has 3 rings (SSSR count). The van der Waals surface area contributed by atoms with Gasteiger partial charge in [0.05, 0.1) is 0 Å². The van der Waals surface area contributed by atoms with Crippen LogP contribution in [0.1, 0.15) is 15.9 Å². The second-order valence-electron chi connectivity index (χ2n) is 6.14. The number of aliphatic carboxylic acids is 1. The van der Waals surface area contributed by atoms with Crippen molar-refractivity contribution < 1.29 is 14.7 Å². The first-order chi connectivity index (χ1) is 13.0. The molecule has 3 aromatic carbocycles. The van der Waals surface area contributed by atoms with Crippen molar-refractivity contribution >= 4 is 23.5 Å². The molecule has 0 aliphatic rings. The van der Waals surface area contributed by atoms with Gasteiger partial charge < -0.3 is 10.4 Å². The Morgan fingerprint density at radius 1 is 0.852 bits per heavy atom. The van der Waals surface area contributed by atoms with Crippen LogP contribution in [0.3, 0.4) is 0 Å². The number of benzene rings is 3. The monoisotopic (exact) mass is 379 g/mol. The van der Waals surface area contributed by atoms with Gasteiger partial charge in [0.2, 0.25) is 0 Å². The van der Waals surface area contributed by atoms with Gasteiger partial charge in [0, 0.05) is 17.0 Å². The van der Waals surface area contributed by atoms with E-state index in [0.717, 1.165) is 16.7 Å². The van der Waals surface area contributed by atoms with Crippen LogP contribution in [0.15, 0.2) is 78.9 Å². The van der Waals surface area contributed by atoms with Crippen molar-refractivity contribution in [3.05, 3.63) is 95.0 Å². The molecule has 0 bridgehead atoms.